The van der Waals surface area contributed by atoms with E-state index in [2.05, 4.69) is 0 Å². The lowest BCUT2D eigenvalue weighted by Crippen LogP contribution is -1.84. The van der Waals surface area contributed by atoms with Gasteiger partial charge in [0.25, 0.3) is 0 Å². The number of hydrogen-bond acceptors (Lipinski definition) is 2. The molecule has 13 heavy (non-hydrogen) atoms. The average molecular weight is 180 g/mol. The summed E-state index contributed by atoms with van der Waals surface area (Å²) in [5, 5.41) is 0.779. The molecule has 0 radical (unpaired) electrons. The minimum Gasteiger partial charge on any atom is -0.464 e. The van der Waals surface area contributed by atoms with Crippen molar-refractivity contribution in [1.29, 1.82) is 0 Å². The van der Waals surface area contributed by atoms with Crippen LogP contribution in [0.5, 0.6) is 0 Å². The predicted octanol–water partition coefficient (Wildman–Crippen LogP) is 2.72. The van der Waals surface area contributed by atoms with Crippen LogP contribution < -0.4 is 0 Å². The van der Waals surface area contributed by atoms with Crippen molar-refractivity contribution in [1.82, 2.24) is 0 Å². The summed E-state index contributed by atoms with van der Waals surface area (Å²) in [6.07, 6.45) is 1.59. The number of ether oxygens (including phenoxy) is 1. The number of methoxy groups -OCH3 is 1. The summed E-state index contributed by atoms with van der Waals surface area (Å²) in [6, 6.07) is 4.44. The Hall–Kier alpha value is -1.35. The second-order valence-corrected chi connectivity index (χ2v) is 2.83. The highest BCUT2D eigenvalue weighted by Gasteiger charge is 2.05. The lowest BCUT2D eigenvalue weighted by atomic mass is 10.2. The molecule has 0 amide bonds. The van der Waals surface area contributed by atoms with Gasteiger partial charge in [-0.1, -0.05) is 0 Å². The molecule has 0 saturated carbocycles. The molecule has 0 spiro atoms. The lowest BCUT2D eigenvalue weighted by Gasteiger charge is -1.94. The van der Waals surface area contributed by atoms with Gasteiger partial charge in [-0.2, -0.15) is 0 Å². The fraction of sp³-hybridized carbons (Fsp3) is 0.200. The van der Waals surface area contributed by atoms with E-state index in [1.165, 1.54) is 12.1 Å². The molecule has 0 unspecified atom stereocenters. The van der Waals surface area contributed by atoms with Crippen molar-refractivity contribution < 1.29 is 13.5 Å². The molecule has 0 saturated heterocycles. The molecular formula is C10H9FO2. The summed E-state index contributed by atoms with van der Waals surface area (Å²) in [7, 11) is 1.60. The van der Waals surface area contributed by atoms with Gasteiger partial charge < -0.3 is 9.15 Å². The van der Waals surface area contributed by atoms with Crippen molar-refractivity contribution in [3.63, 3.8) is 0 Å². The van der Waals surface area contributed by atoms with E-state index < -0.39 is 0 Å². The Morgan fingerprint density at radius 2 is 2.31 bits per heavy atom. The van der Waals surface area contributed by atoms with Gasteiger partial charge in [0.1, 0.15) is 11.4 Å². The fourth-order valence-corrected chi connectivity index (χ4v) is 1.32. The molecule has 1 aromatic carbocycles. The third kappa shape index (κ3) is 1.42. The molecule has 0 aliphatic heterocycles. The Morgan fingerprint density at radius 3 is 3.08 bits per heavy atom. The van der Waals surface area contributed by atoms with Gasteiger partial charge in [0, 0.05) is 18.1 Å². The number of halogens is 1. The molecule has 0 aliphatic carbocycles. The van der Waals surface area contributed by atoms with Gasteiger partial charge in [0.2, 0.25) is 0 Å². The molecular weight excluding hydrogens is 171 g/mol. The van der Waals surface area contributed by atoms with E-state index in [4.69, 9.17) is 9.15 Å². The zero-order chi connectivity index (χ0) is 9.26. The molecule has 0 fully saturated rings. The first-order chi connectivity index (χ1) is 6.31. The maximum atomic E-state index is 12.9. The van der Waals surface area contributed by atoms with Crippen LogP contribution in [0.4, 0.5) is 4.39 Å². The average Bonchev–Trinajstić information content (AvgIpc) is 2.49. The first kappa shape index (κ1) is 8.26. The molecule has 68 valence electrons. The van der Waals surface area contributed by atoms with Crippen molar-refractivity contribution in [2.75, 3.05) is 7.11 Å². The molecule has 0 atom stereocenters. The van der Waals surface area contributed by atoms with Crippen LogP contribution in [0, 0.1) is 5.82 Å². The van der Waals surface area contributed by atoms with Gasteiger partial charge in [-0.15, -0.1) is 0 Å². The van der Waals surface area contributed by atoms with E-state index in [1.807, 2.05) is 0 Å². The van der Waals surface area contributed by atoms with Crippen LogP contribution in [-0.2, 0) is 11.3 Å². The summed E-state index contributed by atoms with van der Waals surface area (Å²) < 4.78 is 23.0. The summed E-state index contributed by atoms with van der Waals surface area (Å²) in [5.74, 6) is -0.258. The minimum atomic E-state index is -0.258. The molecule has 1 heterocycles. The van der Waals surface area contributed by atoms with Gasteiger partial charge in [-0.25, -0.2) is 4.39 Å². The van der Waals surface area contributed by atoms with E-state index in [0.717, 1.165) is 10.9 Å². The van der Waals surface area contributed by atoms with E-state index in [0.29, 0.717) is 12.2 Å². The zero-order valence-electron chi connectivity index (χ0n) is 7.21. The maximum absolute atomic E-state index is 12.9. The molecule has 2 aromatic rings. The van der Waals surface area contributed by atoms with Gasteiger partial charge >= 0.3 is 0 Å². The predicted molar refractivity (Wildman–Crippen MR) is 46.9 cm³/mol. The van der Waals surface area contributed by atoms with Crippen molar-refractivity contribution in [3.05, 3.63) is 35.8 Å². The summed E-state index contributed by atoms with van der Waals surface area (Å²) >= 11 is 0. The molecule has 0 N–H and O–H groups in total. The van der Waals surface area contributed by atoms with Gasteiger partial charge in [0.15, 0.2) is 0 Å². The molecule has 3 heteroatoms. The lowest BCUT2D eigenvalue weighted by molar-refractivity contribution is 0.185. The molecule has 2 nitrogen and oxygen atoms in total. The highest BCUT2D eigenvalue weighted by Crippen LogP contribution is 2.22. The second kappa shape index (κ2) is 3.18. The van der Waals surface area contributed by atoms with Crippen molar-refractivity contribution >= 4 is 11.0 Å². The number of benzene rings is 1. The van der Waals surface area contributed by atoms with Crippen LogP contribution in [0.15, 0.2) is 28.9 Å². The van der Waals surface area contributed by atoms with Gasteiger partial charge in [0.05, 0.1) is 12.9 Å². The van der Waals surface area contributed by atoms with Crippen LogP contribution >= 0.6 is 0 Å². The number of rotatable bonds is 2. The number of hydrogen-bond donors (Lipinski definition) is 0. The SMILES string of the molecule is COCc1coc2ccc(F)cc12. The van der Waals surface area contributed by atoms with Crippen LogP contribution in [-0.4, -0.2) is 7.11 Å². The van der Waals surface area contributed by atoms with Crippen molar-refractivity contribution in [2.45, 2.75) is 6.61 Å². The first-order valence-corrected chi connectivity index (χ1v) is 3.96. The van der Waals surface area contributed by atoms with Crippen molar-refractivity contribution in [3.8, 4) is 0 Å². The minimum absolute atomic E-state index is 0.258. The normalized spacial score (nSPS) is 10.9. The molecule has 1 aromatic heterocycles. The third-order valence-electron chi connectivity index (χ3n) is 1.92. The Labute approximate surface area is 74.9 Å². The third-order valence-corrected chi connectivity index (χ3v) is 1.92. The zero-order valence-corrected chi connectivity index (χ0v) is 7.21. The van der Waals surface area contributed by atoms with E-state index in [1.54, 1.807) is 19.4 Å². The summed E-state index contributed by atoms with van der Waals surface area (Å²) in [5.41, 5.74) is 1.56. The van der Waals surface area contributed by atoms with Crippen LogP contribution in [0.1, 0.15) is 5.56 Å². The summed E-state index contributed by atoms with van der Waals surface area (Å²) in [4.78, 5) is 0. The molecule has 0 aliphatic rings. The first-order valence-electron chi connectivity index (χ1n) is 3.96. The second-order valence-electron chi connectivity index (χ2n) is 2.83. The van der Waals surface area contributed by atoms with Crippen LogP contribution in [0.2, 0.25) is 0 Å². The Balaban J connectivity index is 2.58. The largest absolute Gasteiger partial charge is 0.464 e. The molecule has 0 bridgehead atoms. The van der Waals surface area contributed by atoms with Gasteiger partial charge in [-0.05, 0) is 18.2 Å². The smallest absolute Gasteiger partial charge is 0.134 e. The van der Waals surface area contributed by atoms with Crippen molar-refractivity contribution in [2.24, 2.45) is 0 Å². The molecule has 2 rings (SSSR count). The Morgan fingerprint density at radius 1 is 1.46 bits per heavy atom. The van der Waals surface area contributed by atoms with E-state index in [9.17, 15) is 4.39 Å². The standard InChI is InChI=1S/C10H9FO2/c1-12-5-7-6-13-10-3-2-8(11)4-9(7)10/h2-4,6H,5H2,1H3. The summed E-state index contributed by atoms with van der Waals surface area (Å²) in [6.45, 7) is 0.441. The quantitative estimate of drug-likeness (QED) is 0.709. The number of fused-ring (bicyclic) bond motifs is 1. The Kier molecular flexibility index (Phi) is 2.02. The van der Waals surface area contributed by atoms with E-state index in [-0.39, 0.29) is 5.82 Å². The fourth-order valence-electron chi connectivity index (χ4n) is 1.32. The highest BCUT2D eigenvalue weighted by molar-refractivity contribution is 5.80. The van der Waals surface area contributed by atoms with E-state index >= 15 is 0 Å². The van der Waals surface area contributed by atoms with Crippen LogP contribution in [0.25, 0.3) is 11.0 Å². The monoisotopic (exact) mass is 180 g/mol. The Bertz CT molecular complexity index is 420. The highest BCUT2D eigenvalue weighted by atomic mass is 19.1. The maximum Gasteiger partial charge on any atom is 0.134 e. The van der Waals surface area contributed by atoms with Gasteiger partial charge in [-0.3, -0.25) is 0 Å². The number of furan rings is 1. The van der Waals surface area contributed by atoms with Crippen LogP contribution in [0.3, 0.4) is 0 Å². The topological polar surface area (TPSA) is 22.4 Å².